The number of nitriles is 1. The van der Waals surface area contributed by atoms with Crippen LogP contribution in [0.15, 0.2) is 30.3 Å². The second-order valence-electron chi connectivity index (χ2n) is 6.35. The van der Waals surface area contributed by atoms with Crippen molar-refractivity contribution in [2.45, 2.75) is 6.54 Å². The molecule has 1 aliphatic rings. The molecule has 1 aliphatic heterocycles. The molecule has 1 heterocycles. The third-order valence-electron chi connectivity index (χ3n) is 4.69. The van der Waals surface area contributed by atoms with E-state index in [1.165, 1.54) is 0 Å². The number of hydrogen-bond donors (Lipinski definition) is 0. The smallest absolute Gasteiger partial charge is 0.161 e. The van der Waals surface area contributed by atoms with Crippen LogP contribution in [0.5, 0.6) is 11.5 Å². The van der Waals surface area contributed by atoms with Crippen molar-refractivity contribution in [3.63, 3.8) is 0 Å². The Bertz CT molecular complexity index is 836. The van der Waals surface area contributed by atoms with E-state index in [9.17, 15) is 8.78 Å². The van der Waals surface area contributed by atoms with Gasteiger partial charge < -0.3 is 14.4 Å². The third-order valence-corrected chi connectivity index (χ3v) is 4.69. The summed E-state index contributed by atoms with van der Waals surface area (Å²) in [7, 11) is 3.19. The lowest BCUT2D eigenvalue weighted by atomic mass is 10.1. The second kappa shape index (κ2) is 8.23. The highest BCUT2D eigenvalue weighted by atomic mass is 19.1. The summed E-state index contributed by atoms with van der Waals surface area (Å²) in [5.41, 5.74) is 1.01. The summed E-state index contributed by atoms with van der Waals surface area (Å²) in [6.45, 7) is 3.08. The van der Waals surface area contributed by atoms with E-state index in [1.54, 1.807) is 25.2 Å². The minimum absolute atomic E-state index is 0.0131. The Hall–Kier alpha value is -2.85. The quantitative estimate of drug-likeness (QED) is 0.806. The molecule has 1 saturated heterocycles. The molecule has 0 bridgehead atoms. The topological polar surface area (TPSA) is 48.7 Å². The van der Waals surface area contributed by atoms with Crippen LogP contribution in [-0.4, -0.2) is 45.3 Å². The minimum Gasteiger partial charge on any atom is -0.493 e. The Kier molecular flexibility index (Phi) is 5.77. The van der Waals surface area contributed by atoms with Crippen molar-refractivity contribution in [1.29, 1.82) is 5.26 Å². The van der Waals surface area contributed by atoms with E-state index in [0.29, 0.717) is 44.2 Å². The summed E-state index contributed by atoms with van der Waals surface area (Å²) in [5, 5.41) is 8.81. The summed E-state index contributed by atoms with van der Waals surface area (Å²) in [5.74, 6) is -0.0343. The maximum atomic E-state index is 14.2. The second-order valence-corrected chi connectivity index (χ2v) is 6.35. The first kappa shape index (κ1) is 18.9. The van der Waals surface area contributed by atoms with Crippen LogP contribution < -0.4 is 14.4 Å². The number of benzene rings is 2. The van der Waals surface area contributed by atoms with Crippen LogP contribution in [0, 0.1) is 23.0 Å². The SMILES string of the molecule is COc1ccc(CN2CCN(c3c(F)cc(C#N)cc3F)CC2)cc1OC. The van der Waals surface area contributed by atoms with Gasteiger partial charge in [0.15, 0.2) is 23.1 Å². The molecule has 0 radical (unpaired) electrons. The van der Waals surface area contributed by atoms with E-state index in [1.807, 2.05) is 18.2 Å². The van der Waals surface area contributed by atoms with Crippen LogP contribution in [0.4, 0.5) is 14.5 Å². The van der Waals surface area contributed by atoms with Gasteiger partial charge in [0, 0.05) is 32.7 Å². The third kappa shape index (κ3) is 4.12. The van der Waals surface area contributed by atoms with Gasteiger partial charge in [-0.25, -0.2) is 8.78 Å². The van der Waals surface area contributed by atoms with E-state index in [4.69, 9.17) is 14.7 Å². The van der Waals surface area contributed by atoms with Crippen molar-refractivity contribution >= 4 is 5.69 Å². The van der Waals surface area contributed by atoms with E-state index in [2.05, 4.69) is 4.90 Å². The first-order valence-electron chi connectivity index (χ1n) is 8.63. The van der Waals surface area contributed by atoms with Crippen LogP contribution in [0.3, 0.4) is 0 Å². The summed E-state index contributed by atoms with van der Waals surface area (Å²) in [6, 6.07) is 9.70. The number of halogens is 2. The zero-order chi connectivity index (χ0) is 19.4. The first-order chi connectivity index (χ1) is 13.0. The average molecular weight is 373 g/mol. The predicted molar refractivity (Wildman–Crippen MR) is 98.1 cm³/mol. The van der Waals surface area contributed by atoms with E-state index >= 15 is 0 Å². The number of hydrogen-bond acceptors (Lipinski definition) is 5. The molecule has 0 aliphatic carbocycles. The van der Waals surface area contributed by atoms with E-state index < -0.39 is 11.6 Å². The van der Waals surface area contributed by atoms with Gasteiger partial charge in [-0.3, -0.25) is 4.90 Å². The molecule has 5 nitrogen and oxygen atoms in total. The van der Waals surface area contributed by atoms with E-state index in [-0.39, 0.29) is 11.3 Å². The molecule has 0 aromatic heterocycles. The highest BCUT2D eigenvalue weighted by Crippen LogP contribution is 2.29. The van der Waals surface area contributed by atoms with E-state index in [0.717, 1.165) is 17.7 Å². The fraction of sp³-hybridized carbons (Fsp3) is 0.350. The minimum atomic E-state index is -0.695. The number of piperazine rings is 1. The molecular weight excluding hydrogens is 352 g/mol. The monoisotopic (exact) mass is 373 g/mol. The lowest BCUT2D eigenvalue weighted by Gasteiger charge is -2.36. The van der Waals surface area contributed by atoms with Crippen molar-refractivity contribution < 1.29 is 18.3 Å². The molecule has 3 rings (SSSR count). The van der Waals surface area contributed by atoms with Crippen LogP contribution in [0.2, 0.25) is 0 Å². The largest absolute Gasteiger partial charge is 0.493 e. The van der Waals surface area contributed by atoms with Crippen molar-refractivity contribution in [3.05, 3.63) is 53.1 Å². The van der Waals surface area contributed by atoms with Crippen molar-refractivity contribution in [2.75, 3.05) is 45.3 Å². The molecule has 142 valence electrons. The fourth-order valence-corrected chi connectivity index (χ4v) is 3.30. The lowest BCUT2D eigenvalue weighted by molar-refractivity contribution is 0.248. The molecule has 0 unspecified atom stereocenters. The average Bonchev–Trinajstić information content (AvgIpc) is 2.68. The Balaban J connectivity index is 1.65. The van der Waals surface area contributed by atoms with Gasteiger partial charge in [0.25, 0.3) is 0 Å². The van der Waals surface area contributed by atoms with Crippen molar-refractivity contribution in [3.8, 4) is 17.6 Å². The molecule has 1 fully saturated rings. The molecule has 0 amide bonds. The van der Waals surface area contributed by atoms with Gasteiger partial charge in [-0.05, 0) is 29.8 Å². The number of ether oxygens (including phenoxy) is 2. The number of rotatable bonds is 5. The van der Waals surface area contributed by atoms with Gasteiger partial charge in [0.05, 0.1) is 25.9 Å². The van der Waals surface area contributed by atoms with Gasteiger partial charge in [0.2, 0.25) is 0 Å². The molecular formula is C20H21F2N3O2. The maximum Gasteiger partial charge on any atom is 0.161 e. The molecule has 0 spiro atoms. The molecule has 0 atom stereocenters. The summed E-state index contributed by atoms with van der Waals surface area (Å²) in [6.07, 6.45) is 0. The summed E-state index contributed by atoms with van der Waals surface area (Å²) in [4.78, 5) is 3.91. The Morgan fingerprint density at radius 1 is 0.963 bits per heavy atom. The first-order valence-corrected chi connectivity index (χ1v) is 8.63. The fourth-order valence-electron chi connectivity index (χ4n) is 3.30. The number of anilines is 1. The molecule has 2 aromatic carbocycles. The molecule has 0 N–H and O–H groups in total. The number of methoxy groups -OCH3 is 2. The Labute approximate surface area is 157 Å². The maximum absolute atomic E-state index is 14.2. The summed E-state index contributed by atoms with van der Waals surface area (Å²) >= 11 is 0. The van der Waals surface area contributed by atoms with Gasteiger partial charge in [-0.2, -0.15) is 5.26 Å². The van der Waals surface area contributed by atoms with Crippen molar-refractivity contribution in [1.82, 2.24) is 4.90 Å². The van der Waals surface area contributed by atoms with Gasteiger partial charge in [-0.1, -0.05) is 6.07 Å². The highest BCUT2D eigenvalue weighted by Gasteiger charge is 2.23. The molecule has 2 aromatic rings. The predicted octanol–water partition coefficient (Wildman–Crippen LogP) is 3.18. The number of nitrogens with zero attached hydrogens (tertiary/aromatic N) is 3. The van der Waals surface area contributed by atoms with Gasteiger partial charge >= 0.3 is 0 Å². The van der Waals surface area contributed by atoms with Gasteiger partial charge in [-0.15, -0.1) is 0 Å². The Morgan fingerprint density at radius 3 is 2.15 bits per heavy atom. The zero-order valence-electron chi connectivity index (χ0n) is 15.3. The zero-order valence-corrected chi connectivity index (χ0v) is 15.3. The molecule has 27 heavy (non-hydrogen) atoms. The molecule has 0 saturated carbocycles. The lowest BCUT2D eigenvalue weighted by Crippen LogP contribution is -2.46. The van der Waals surface area contributed by atoms with Crippen LogP contribution in [-0.2, 0) is 6.54 Å². The van der Waals surface area contributed by atoms with Crippen molar-refractivity contribution in [2.24, 2.45) is 0 Å². The van der Waals surface area contributed by atoms with Crippen LogP contribution >= 0.6 is 0 Å². The standard InChI is InChI=1S/C20H21F2N3O2/c1-26-18-4-3-14(11-19(18)27-2)13-24-5-7-25(8-6-24)20-16(21)9-15(12-23)10-17(20)22/h3-4,9-11H,5-8,13H2,1-2H3. The Morgan fingerprint density at radius 2 is 1.59 bits per heavy atom. The van der Waals surface area contributed by atoms with Gasteiger partial charge in [0.1, 0.15) is 5.69 Å². The molecule has 7 heteroatoms. The summed E-state index contributed by atoms with van der Waals surface area (Å²) < 4.78 is 39.0. The normalized spacial score (nSPS) is 14.7. The van der Waals surface area contributed by atoms with Crippen LogP contribution in [0.1, 0.15) is 11.1 Å². The van der Waals surface area contributed by atoms with Crippen LogP contribution in [0.25, 0.3) is 0 Å². The highest BCUT2D eigenvalue weighted by molar-refractivity contribution is 5.53.